The number of aromatic nitrogens is 1. The van der Waals surface area contributed by atoms with Crippen LogP contribution in [0.15, 0.2) is 29.6 Å². The molecular formula is C11H14N3O2-. The molecule has 0 atom stereocenters. The van der Waals surface area contributed by atoms with E-state index in [0.717, 1.165) is 12.0 Å². The smallest absolute Gasteiger partial charge is 0.229 e. The van der Waals surface area contributed by atoms with Gasteiger partial charge in [-0.2, -0.15) is 5.10 Å². The Balaban J connectivity index is 2.95. The van der Waals surface area contributed by atoms with Gasteiger partial charge in [0.25, 0.3) is 0 Å². The van der Waals surface area contributed by atoms with E-state index in [1.807, 2.05) is 6.92 Å². The van der Waals surface area contributed by atoms with Crippen LogP contribution in [-0.4, -0.2) is 21.8 Å². The molecular weight excluding hydrogens is 206 g/mol. The summed E-state index contributed by atoms with van der Waals surface area (Å²) in [4.78, 5) is 14.7. The van der Waals surface area contributed by atoms with Gasteiger partial charge in [-0.1, -0.05) is 13.3 Å². The third kappa shape index (κ3) is 3.43. The van der Waals surface area contributed by atoms with E-state index in [0.29, 0.717) is 12.1 Å². The minimum atomic E-state index is -0.623. The lowest BCUT2D eigenvalue weighted by Gasteiger charge is -2.21. The molecule has 0 saturated heterocycles. The highest BCUT2D eigenvalue weighted by atomic mass is 16.5. The topological polar surface area (TPSA) is 68.6 Å². The third-order valence-corrected chi connectivity index (χ3v) is 1.98. The van der Waals surface area contributed by atoms with Crippen LogP contribution in [0, 0.1) is 5.21 Å². The zero-order valence-electron chi connectivity index (χ0n) is 9.38. The second-order valence-corrected chi connectivity index (χ2v) is 3.32. The van der Waals surface area contributed by atoms with E-state index in [1.165, 1.54) is 6.92 Å². The molecule has 0 spiro atoms. The monoisotopic (exact) mass is 220 g/mol. The summed E-state index contributed by atoms with van der Waals surface area (Å²) in [6.07, 6.45) is 4.76. The molecule has 0 fully saturated rings. The second kappa shape index (κ2) is 5.97. The van der Waals surface area contributed by atoms with E-state index in [9.17, 15) is 10.0 Å². The number of hydrogen-bond donors (Lipinski definition) is 0. The zero-order valence-corrected chi connectivity index (χ0v) is 9.38. The molecule has 1 aromatic heterocycles. The summed E-state index contributed by atoms with van der Waals surface area (Å²) in [5.74, 6) is -0.623. The van der Waals surface area contributed by atoms with Crippen LogP contribution in [-0.2, 0) is 4.79 Å². The predicted octanol–water partition coefficient (Wildman–Crippen LogP) is 1.93. The molecule has 0 aliphatic carbocycles. The molecule has 1 amide bonds. The van der Waals surface area contributed by atoms with Crippen molar-refractivity contribution in [2.45, 2.75) is 26.7 Å². The normalized spacial score (nSPS) is 11.3. The van der Waals surface area contributed by atoms with Crippen molar-refractivity contribution in [1.82, 2.24) is 10.2 Å². The Kier molecular flexibility index (Phi) is 4.60. The summed E-state index contributed by atoms with van der Waals surface area (Å²) in [5, 5.41) is 15.0. The second-order valence-electron chi connectivity index (χ2n) is 3.32. The van der Waals surface area contributed by atoms with E-state index in [-0.39, 0.29) is 5.17 Å². The minimum absolute atomic E-state index is 0.116. The van der Waals surface area contributed by atoms with Crippen LogP contribution in [0.25, 0.3) is 0 Å². The van der Waals surface area contributed by atoms with Gasteiger partial charge in [0.15, 0.2) is 0 Å². The van der Waals surface area contributed by atoms with Crippen molar-refractivity contribution < 1.29 is 4.79 Å². The summed E-state index contributed by atoms with van der Waals surface area (Å²) < 4.78 is 0. The fourth-order valence-corrected chi connectivity index (χ4v) is 1.21. The fraction of sp³-hybridized carbons (Fsp3) is 0.364. The first kappa shape index (κ1) is 12.3. The number of hydroxylamine groups is 1. The number of nitrogens with zero attached hydrogens (tertiary/aromatic N) is 3. The van der Waals surface area contributed by atoms with Gasteiger partial charge in [0.1, 0.15) is 0 Å². The molecule has 0 aliphatic heterocycles. The van der Waals surface area contributed by atoms with Crippen LogP contribution >= 0.6 is 0 Å². The molecule has 0 aromatic carbocycles. The molecule has 16 heavy (non-hydrogen) atoms. The van der Waals surface area contributed by atoms with E-state index >= 15 is 0 Å². The number of hydrazone groups is 1. The van der Waals surface area contributed by atoms with E-state index in [1.54, 1.807) is 24.5 Å². The molecule has 0 bridgehead atoms. The molecule has 86 valence electrons. The Labute approximate surface area is 94.4 Å². The average Bonchev–Trinajstić information content (AvgIpc) is 2.29. The van der Waals surface area contributed by atoms with Crippen LogP contribution in [0.1, 0.15) is 32.3 Å². The van der Waals surface area contributed by atoms with Gasteiger partial charge in [-0.25, -0.2) is 0 Å². The maximum atomic E-state index is 11.2. The fourth-order valence-electron chi connectivity index (χ4n) is 1.21. The molecule has 0 N–H and O–H groups in total. The van der Waals surface area contributed by atoms with Crippen molar-refractivity contribution in [1.29, 1.82) is 0 Å². The first-order valence-electron chi connectivity index (χ1n) is 5.10. The van der Waals surface area contributed by atoms with Crippen molar-refractivity contribution in [2.24, 2.45) is 5.10 Å². The highest BCUT2D eigenvalue weighted by Crippen LogP contribution is 2.07. The maximum Gasteiger partial charge on any atom is 0.229 e. The summed E-state index contributed by atoms with van der Waals surface area (Å²) in [7, 11) is 0. The number of carbonyl (C=O) groups excluding carboxylic acids is 1. The lowest BCUT2D eigenvalue weighted by molar-refractivity contribution is -0.126. The van der Waals surface area contributed by atoms with E-state index in [4.69, 9.17) is 0 Å². The number of rotatable bonds is 4. The lowest BCUT2D eigenvalue weighted by Crippen LogP contribution is -2.18. The first-order chi connectivity index (χ1) is 7.65. The molecule has 1 rings (SSSR count). The van der Waals surface area contributed by atoms with Crippen molar-refractivity contribution in [3.05, 3.63) is 35.3 Å². The van der Waals surface area contributed by atoms with Crippen LogP contribution in [0.4, 0.5) is 0 Å². The van der Waals surface area contributed by atoms with Gasteiger partial charge < -0.3 is 10.4 Å². The molecule has 0 radical (unpaired) electrons. The SMILES string of the molecule is CCCC(=NN([O-])C(C)=O)c1ccncc1. The van der Waals surface area contributed by atoms with Gasteiger partial charge >= 0.3 is 0 Å². The third-order valence-electron chi connectivity index (χ3n) is 1.98. The molecule has 0 unspecified atom stereocenters. The van der Waals surface area contributed by atoms with Crippen molar-refractivity contribution in [3.8, 4) is 0 Å². The van der Waals surface area contributed by atoms with Gasteiger partial charge in [0.2, 0.25) is 5.91 Å². The van der Waals surface area contributed by atoms with Crippen LogP contribution in [0.2, 0.25) is 0 Å². The summed E-state index contributed by atoms with van der Waals surface area (Å²) in [6.45, 7) is 3.17. The molecule has 5 nitrogen and oxygen atoms in total. The lowest BCUT2D eigenvalue weighted by atomic mass is 10.1. The van der Waals surface area contributed by atoms with Crippen molar-refractivity contribution in [3.63, 3.8) is 0 Å². The number of carbonyl (C=O) groups is 1. The highest BCUT2D eigenvalue weighted by Gasteiger charge is 2.03. The van der Waals surface area contributed by atoms with Crippen molar-refractivity contribution >= 4 is 11.6 Å². The predicted molar refractivity (Wildman–Crippen MR) is 61.6 cm³/mol. The Morgan fingerprint density at radius 2 is 2.12 bits per heavy atom. The largest absolute Gasteiger partial charge is 0.735 e. The number of pyridine rings is 1. The van der Waals surface area contributed by atoms with Crippen LogP contribution in [0.5, 0.6) is 0 Å². The Hall–Kier alpha value is -1.75. The zero-order chi connectivity index (χ0) is 12.0. The van der Waals surface area contributed by atoms with Gasteiger partial charge in [-0.15, -0.1) is 0 Å². The number of hydrogen-bond acceptors (Lipinski definition) is 4. The molecule has 1 aromatic rings. The maximum absolute atomic E-state index is 11.2. The summed E-state index contributed by atoms with van der Waals surface area (Å²) in [5.41, 5.74) is 1.43. The summed E-state index contributed by atoms with van der Waals surface area (Å²) in [6, 6.07) is 3.53. The standard InChI is InChI=1S/C11H14N3O2/c1-3-4-11(13-14(16)9(2)15)10-5-7-12-8-6-10/h5-8H,3-4H2,1-2H3/q-1. The summed E-state index contributed by atoms with van der Waals surface area (Å²) >= 11 is 0. The van der Waals surface area contributed by atoms with Crippen LogP contribution < -0.4 is 0 Å². The van der Waals surface area contributed by atoms with Gasteiger partial charge in [-0.3, -0.25) is 9.78 Å². The Bertz CT molecular complexity index is 376. The molecule has 5 heteroatoms. The van der Waals surface area contributed by atoms with Gasteiger partial charge in [0.05, 0.1) is 5.71 Å². The van der Waals surface area contributed by atoms with E-state index < -0.39 is 5.91 Å². The van der Waals surface area contributed by atoms with E-state index in [2.05, 4.69) is 10.1 Å². The highest BCUT2D eigenvalue weighted by molar-refractivity contribution is 6.00. The minimum Gasteiger partial charge on any atom is -0.735 e. The Morgan fingerprint density at radius 1 is 1.50 bits per heavy atom. The molecule has 0 aliphatic rings. The van der Waals surface area contributed by atoms with Crippen molar-refractivity contribution in [2.75, 3.05) is 0 Å². The first-order valence-corrected chi connectivity index (χ1v) is 5.10. The average molecular weight is 220 g/mol. The van der Waals surface area contributed by atoms with Crippen LogP contribution in [0.3, 0.4) is 0 Å². The molecule has 1 heterocycles. The van der Waals surface area contributed by atoms with Gasteiger partial charge in [0, 0.05) is 24.9 Å². The van der Waals surface area contributed by atoms with Gasteiger partial charge in [-0.05, 0) is 18.6 Å². The Morgan fingerprint density at radius 3 is 2.62 bits per heavy atom. The molecule has 0 saturated carbocycles. The number of amides is 1. The quantitative estimate of drug-likeness (QED) is 0.575.